The molecule has 25 heavy (non-hydrogen) atoms. The van der Waals surface area contributed by atoms with Crippen molar-refractivity contribution in [1.82, 2.24) is 9.88 Å². The van der Waals surface area contributed by atoms with Gasteiger partial charge in [-0.1, -0.05) is 18.2 Å². The fourth-order valence-electron chi connectivity index (χ4n) is 2.46. The highest BCUT2D eigenvalue weighted by atomic mass is 16.4. The first-order chi connectivity index (χ1) is 11.8. The molecule has 2 rings (SSSR count). The number of rotatable bonds is 6. The number of benzene rings is 1. The summed E-state index contributed by atoms with van der Waals surface area (Å²) < 4.78 is 2.16. The predicted octanol–water partition coefficient (Wildman–Crippen LogP) is 0.357. The molecule has 0 aliphatic heterocycles. The Kier molecular flexibility index (Phi) is 8.06. The van der Waals surface area contributed by atoms with Gasteiger partial charge in [-0.2, -0.15) is 0 Å². The van der Waals surface area contributed by atoms with Crippen molar-refractivity contribution >= 4 is 22.8 Å². The zero-order valence-corrected chi connectivity index (χ0v) is 14.3. The van der Waals surface area contributed by atoms with Crippen molar-refractivity contribution in [3.05, 3.63) is 35.5 Å². The lowest BCUT2D eigenvalue weighted by molar-refractivity contribution is -0.159. The average molecular weight is 352 g/mol. The number of nitrogens with zero attached hydrogens (tertiary/aromatic N) is 1. The summed E-state index contributed by atoms with van der Waals surface area (Å²) in [5.74, 6) is -3.65. The van der Waals surface area contributed by atoms with Gasteiger partial charge in [-0.25, -0.2) is 9.59 Å². The number of hydrogen-bond acceptors (Lipinski definition) is 5. The van der Waals surface area contributed by atoms with Crippen LogP contribution in [0.2, 0.25) is 0 Å². The number of aliphatic hydroxyl groups excluding tert-OH is 2. The van der Waals surface area contributed by atoms with E-state index in [-0.39, 0.29) is 6.61 Å². The summed E-state index contributed by atoms with van der Waals surface area (Å²) in [6.07, 6.45) is -0.458. The number of aryl methyl sites for hydroxylation is 1. The van der Waals surface area contributed by atoms with Crippen molar-refractivity contribution in [2.75, 3.05) is 19.7 Å². The third-order valence-electron chi connectivity index (χ3n) is 3.79. The van der Waals surface area contributed by atoms with Gasteiger partial charge in [0.25, 0.3) is 0 Å². The minimum atomic E-state index is -1.82. The largest absolute Gasteiger partial charge is 0.473 e. The number of carboxylic acid groups (broad SMARTS) is 2. The van der Waals surface area contributed by atoms with Crippen LogP contribution in [-0.4, -0.2) is 62.7 Å². The molecular weight excluding hydrogens is 328 g/mol. The van der Waals surface area contributed by atoms with Crippen LogP contribution in [0.5, 0.6) is 0 Å². The van der Waals surface area contributed by atoms with Crippen LogP contribution in [0.1, 0.15) is 11.3 Å². The van der Waals surface area contributed by atoms with Crippen molar-refractivity contribution < 1.29 is 30.0 Å². The van der Waals surface area contributed by atoms with Crippen LogP contribution in [-0.2, 0) is 16.1 Å². The third kappa shape index (κ3) is 5.86. The molecule has 1 aromatic heterocycles. The molecule has 0 spiro atoms. The molecule has 0 amide bonds. The van der Waals surface area contributed by atoms with Gasteiger partial charge < -0.3 is 30.3 Å². The fourth-order valence-corrected chi connectivity index (χ4v) is 2.46. The molecule has 8 nitrogen and oxygen atoms in total. The van der Waals surface area contributed by atoms with Gasteiger partial charge in [0.15, 0.2) is 0 Å². The number of carboxylic acids is 2. The normalized spacial score (nSPS) is 11.7. The molecule has 0 bridgehead atoms. The van der Waals surface area contributed by atoms with E-state index in [1.807, 2.05) is 12.1 Å². The van der Waals surface area contributed by atoms with Gasteiger partial charge in [0.1, 0.15) is 0 Å². The number of nitrogens with one attached hydrogen (secondary N) is 1. The van der Waals surface area contributed by atoms with Crippen LogP contribution in [0.3, 0.4) is 0 Å². The Morgan fingerprint density at radius 1 is 1.16 bits per heavy atom. The Morgan fingerprint density at radius 3 is 2.32 bits per heavy atom. The monoisotopic (exact) mass is 352 g/mol. The minimum absolute atomic E-state index is 0.0946. The Hall–Kier alpha value is -2.42. The van der Waals surface area contributed by atoms with E-state index in [0.717, 1.165) is 0 Å². The summed E-state index contributed by atoms with van der Waals surface area (Å²) in [6, 6.07) is 8.26. The molecule has 8 heteroatoms. The van der Waals surface area contributed by atoms with Crippen molar-refractivity contribution in [2.45, 2.75) is 26.5 Å². The second-order valence-electron chi connectivity index (χ2n) is 5.53. The molecular formula is C17H24N2O6. The van der Waals surface area contributed by atoms with Gasteiger partial charge in [0, 0.05) is 29.7 Å². The number of aromatic nitrogens is 1. The van der Waals surface area contributed by atoms with Gasteiger partial charge in [-0.05, 0) is 25.5 Å². The molecule has 0 saturated heterocycles. The van der Waals surface area contributed by atoms with E-state index in [1.54, 1.807) is 0 Å². The highest BCUT2D eigenvalue weighted by Crippen LogP contribution is 2.24. The third-order valence-corrected chi connectivity index (χ3v) is 3.79. The number of fused-ring (bicyclic) bond motifs is 1. The predicted molar refractivity (Wildman–Crippen MR) is 92.6 cm³/mol. The van der Waals surface area contributed by atoms with E-state index in [2.05, 4.69) is 35.9 Å². The number of aliphatic hydroxyl groups is 2. The van der Waals surface area contributed by atoms with Crippen molar-refractivity contribution in [2.24, 2.45) is 0 Å². The molecule has 0 radical (unpaired) electrons. The summed E-state index contributed by atoms with van der Waals surface area (Å²) in [5, 5.41) is 37.8. The first-order valence-corrected chi connectivity index (χ1v) is 7.79. The number of para-hydroxylation sites is 1. The Bertz CT molecular complexity index is 713. The van der Waals surface area contributed by atoms with Crippen LogP contribution in [0.4, 0.5) is 0 Å². The molecule has 1 aromatic carbocycles. The van der Waals surface area contributed by atoms with Crippen LogP contribution in [0.15, 0.2) is 24.3 Å². The Balaban J connectivity index is 0.000000450. The first-order valence-electron chi connectivity index (χ1n) is 7.79. The molecule has 5 N–H and O–H groups in total. The molecule has 1 heterocycles. The smallest absolute Gasteiger partial charge is 0.414 e. The van der Waals surface area contributed by atoms with Crippen LogP contribution in [0.25, 0.3) is 10.9 Å². The topological polar surface area (TPSA) is 132 Å². The van der Waals surface area contributed by atoms with Gasteiger partial charge in [-0.15, -0.1) is 0 Å². The minimum Gasteiger partial charge on any atom is -0.473 e. The molecule has 1 atom stereocenters. The lowest BCUT2D eigenvalue weighted by Crippen LogP contribution is -2.32. The molecule has 0 saturated carbocycles. The highest BCUT2D eigenvalue weighted by Gasteiger charge is 2.13. The lowest BCUT2D eigenvalue weighted by Gasteiger charge is -2.15. The second kappa shape index (κ2) is 9.77. The maximum absolute atomic E-state index is 10.1. The lowest BCUT2D eigenvalue weighted by atomic mass is 10.2. The molecule has 0 aliphatic carbocycles. The van der Waals surface area contributed by atoms with Crippen LogP contribution < -0.4 is 5.32 Å². The van der Waals surface area contributed by atoms with Crippen molar-refractivity contribution in [3.63, 3.8) is 0 Å². The maximum Gasteiger partial charge on any atom is 0.414 e. The number of aliphatic carboxylic acids is 2. The fraction of sp³-hybridized carbons (Fsp3) is 0.412. The number of hydrogen-bond donors (Lipinski definition) is 5. The first kappa shape index (κ1) is 20.6. The van der Waals surface area contributed by atoms with E-state index in [1.165, 1.54) is 22.2 Å². The summed E-state index contributed by atoms with van der Waals surface area (Å²) in [6.45, 7) is 5.87. The van der Waals surface area contributed by atoms with Gasteiger partial charge in [0.05, 0.1) is 19.3 Å². The highest BCUT2D eigenvalue weighted by molar-refractivity contribution is 6.27. The average Bonchev–Trinajstić information content (AvgIpc) is 2.81. The maximum atomic E-state index is 10.1. The van der Waals surface area contributed by atoms with E-state index in [4.69, 9.17) is 24.9 Å². The molecule has 0 aliphatic rings. The van der Waals surface area contributed by atoms with Crippen LogP contribution in [0, 0.1) is 13.8 Å². The molecule has 138 valence electrons. The van der Waals surface area contributed by atoms with E-state index >= 15 is 0 Å². The Labute approximate surface area is 145 Å². The van der Waals surface area contributed by atoms with E-state index in [9.17, 15) is 5.11 Å². The quantitative estimate of drug-likeness (QED) is 0.374. The van der Waals surface area contributed by atoms with Gasteiger partial charge in [0.2, 0.25) is 0 Å². The summed E-state index contributed by atoms with van der Waals surface area (Å²) in [7, 11) is 0. The van der Waals surface area contributed by atoms with Gasteiger partial charge >= 0.3 is 11.9 Å². The van der Waals surface area contributed by atoms with Gasteiger partial charge in [-0.3, -0.25) is 0 Å². The summed E-state index contributed by atoms with van der Waals surface area (Å²) >= 11 is 0. The standard InChI is InChI=1S/C15H22N2O2.C2H2O4/c1-11-12(2)17(10-13(19)9-16-7-8-18)15-6-4-3-5-14(11)15;3-1(4)2(5)6/h3-6,13,16,18-19H,7-10H2,1-2H3;(H,3,4)(H,5,6). The zero-order valence-electron chi connectivity index (χ0n) is 14.3. The second-order valence-corrected chi connectivity index (χ2v) is 5.53. The van der Waals surface area contributed by atoms with Crippen LogP contribution >= 0.6 is 0 Å². The summed E-state index contributed by atoms with van der Waals surface area (Å²) in [5.41, 5.74) is 3.63. The molecule has 0 fully saturated rings. The van der Waals surface area contributed by atoms with E-state index < -0.39 is 18.0 Å². The zero-order chi connectivity index (χ0) is 19.0. The summed E-state index contributed by atoms with van der Waals surface area (Å²) in [4.78, 5) is 18.2. The van der Waals surface area contributed by atoms with Crippen molar-refractivity contribution in [1.29, 1.82) is 0 Å². The number of carbonyl (C=O) groups is 2. The molecule has 1 unspecified atom stereocenters. The Morgan fingerprint density at radius 2 is 1.76 bits per heavy atom. The SMILES string of the molecule is Cc1c(C)n(CC(O)CNCCO)c2ccccc12.O=C(O)C(=O)O. The van der Waals surface area contributed by atoms with Crippen molar-refractivity contribution in [3.8, 4) is 0 Å². The molecule has 2 aromatic rings. The van der Waals surface area contributed by atoms with E-state index in [0.29, 0.717) is 19.6 Å².